The average Bonchev–Trinajstić information content (AvgIpc) is 2.47. The maximum absolute atomic E-state index is 11.1. The number of nitro groups is 1. The standard InChI is InChI=1S/C14H18N2O5/c17-7-5-10-2-1-6-15(9-10)13-8-11(14(18)19)3-4-12(13)16(20)21/h3-4,8,10,17H,1-2,5-7,9H2,(H,18,19). The number of nitrogens with zero attached hydrogens (tertiary/aromatic N) is 2. The molecule has 21 heavy (non-hydrogen) atoms. The minimum absolute atomic E-state index is 0.0416. The van der Waals surface area contributed by atoms with E-state index in [0.29, 0.717) is 25.2 Å². The highest BCUT2D eigenvalue weighted by atomic mass is 16.6. The fourth-order valence-corrected chi connectivity index (χ4v) is 2.77. The number of carboxylic acid groups (broad SMARTS) is 1. The Bertz CT molecular complexity index is 544. The van der Waals surface area contributed by atoms with E-state index >= 15 is 0 Å². The smallest absolute Gasteiger partial charge is 0.335 e. The van der Waals surface area contributed by atoms with Crippen molar-refractivity contribution in [3.63, 3.8) is 0 Å². The number of rotatable bonds is 5. The van der Waals surface area contributed by atoms with E-state index in [-0.39, 0.29) is 23.8 Å². The summed E-state index contributed by atoms with van der Waals surface area (Å²) in [7, 11) is 0. The van der Waals surface area contributed by atoms with Gasteiger partial charge in [-0.1, -0.05) is 0 Å². The molecule has 0 spiro atoms. The third-order valence-electron chi connectivity index (χ3n) is 3.82. The summed E-state index contributed by atoms with van der Waals surface area (Å²) in [6.45, 7) is 1.35. The van der Waals surface area contributed by atoms with Crippen LogP contribution >= 0.6 is 0 Å². The molecule has 0 saturated carbocycles. The number of piperidine rings is 1. The predicted molar refractivity (Wildman–Crippen MR) is 76.7 cm³/mol. The van der Waals surface area contributed by atoms with Crippen molar-refractivity contribution in [3.05, 3.63) is 33.9 Å². The van der Waals surface area contributed by atoms with Gasteiger partial charge in [0.25, 0.3) is 5.69 Å². The van der Waals surface area contributed by atoms with Gasteiger partial charge < -0.3 is 15.1 Å². The Morgan fingerprint density at radius 2 is 2.24 bits per heavy atom. The lowest BCUT2D eigenvalue weighted by Gasteiger charge is -2.34. The van der Waals surface area contributed by atoms with Crippen molar-refractivity contribution >= 4 is 17.3 Å². The van der Waals surface area contributed by atoms with Gasteiger partial charge in [0.05, 0.1) is 10.5 Å². The average molecular weight is 294 g/mol. The lowest BCUT2D eigenvalue weighted by molar-refractivity contribution is -0.384. The van der Waals surface area contributed by atoms with Crippen LogP contribution in [0.15, 0.2) is 18.2 Å². The lowest BCUT2D eigenvalue weighted by atomic mass is 9.94. The van der Waals surface area contributed by atoms with Crippen molar-refractivity contribution in [3.8, 4) is 0 Å². The van der Waals surface area contributed by atoms with Crippen LogP contribution in [0.1, 0.15) is 29.6 Å². The van der Waals surface area contributed by atoms with Crippen LogP contribution in [-0.2, 0) is 0 Å². The summed E-state index contributed by atoms with van der Waals surface area (Å²) < 4.78 is 0. The minimum Gasteiger partial charge on any atom is -0.478 e. The molecule has 0 radical (unpaired) electrons. The van der Waals surface area contributed by atoms with Gasteiger partial charge in [-0.05, 0) is 37.3 Å². The number of hydrogen-bond acceptors (Lipinski definition) is 5. The number of aliphatic hydroxyl groups excluding tert-OH is 1. The molecule has 7 nitrogen and oxygen atoms in total. The van der Waals surface area contributed by atoms with E-state index < -0.39 is 10.9 Å². The van der Waals surface area contributed by atoms with Gasteiger partial charge in [-0.2, -0.15) is 0 Å². The number of carboxylic acids is 1. The summed E-state index contributed by atoms with van der Waals surface area (Å²) in [5, 5.41) is 29.2. The highest BCUT2D eigenvalue weighted by Gasteiger charge is 2.26. The monoisotopic (exact) mass is 294 g/mol. The Balaban J connectivity index is 2.33. The van der Waals surface area contributed by atoms with Gasteiger partial charge >= 0.3 is 5.97 Å². The molecule has 114 valence electrons. The number of anilines is 1. The van der Waals surface area contributed by atoms with E-state index in [2.05, 4.69) is 0 Å². The van der Waals surface area contributed by atoms with Crippen LogP contribution in [0.3, 0.4) is 0 Å². The first-order valence-electron chi connectivity index (χ1n) is 6.90. The van der Waals surface area contributed by atoms with Crippen LogP contribution in [0.2, 0.25) is 0 Å². The van der Waals surface area contributed by atoms with Crippen molar-refractivity contribution in [2.24, 2.45) is 5.92 Å². The van der Waals surface area contributed by atoms with Gasteiger partial charge in [-0.15, -0.1) is 0 Å². The van der Waals surface area contributed by atoms with Crippen molar-refractivity contribution in [2.45, 2.75) is 19.3 Å². The predicted octanol–water partition coefficient (Wildman–Crippen LogP) is 1.89. The van der Waals surface area contributed by atoms with Crippen molar-refractivity contribution in [1.29, 1.82) is 0 Å². The van der Waals surface area contributed by atoms with E-state index in [1.165, 1.54) is 18.2 Å². The Labute approximate surface area is 122 Å². The molecular formula is C14H18N2O5. The van der Waals surface area contributed by atoms with Gasteiger partial charge in [0.1, 0.15) is 5.69 Å². The van der Waals surface area contributed by atoms with Crippen molar-refractivity contribution < 1.29 is 19.9 Å². The van der Waals surface area contributed by atoms with Gasteiger partial charge in [-0.25, -0.2) is 4.79 Å². The molecule has 7 heteroatoms. The molecule has 1 aliphatic rings. The summed E-state index contributed by atoms with van der Waals surface area (Å²) in [6, 6.07) is 3.86. The maximum atomic E-state index is 11.1. The molecule has 2 N–H and O–H groups in total. The van der Waals surface area contributed by atoms with Gasteiger partial charge in [0.15, 0.2) is 0 Å². The molecule has 2 rings (SSSR count). The Morgan fingerprint density at radius 3 is 2.86 bits per heavy atom. The Hall–Kier alpha value is -2.15. The number of nitro benzene ring substituents is 1. The van der Waals surface area contributed by atoms with Crippen LogP contribution in [0, 0.1) is 16.0 Å². The summed E-state index contributed by atoms with van der Waals surface area (Å²) >= 11 is 0. The number of hydrogen-bond donors (Lipinski definition) is 2. The fourth-order valence-electron chi connectivity index (χ4n) is 2.77. The summed E-state index contributed by atoms with van der Waals surface area (Å²) in [6.07, 6.45) is 2.51. The zero-order chi connectivity index (χ0) is 15.4. The van der Waals surface area contributed by atoms with Crippen LogP contribution < -0.4 is 4.90 Å². The largest absolute Gasteiger partial charge is 0.478 e. The van der Waals surface area contributed by atoms with E-state index in [4.69, 9.17) is 10.2 Å². The second-order valence-corrected chi connectivity index (χ2v) is 5.23. The second-order valence-electron chi connectivity index (χ2n) is 5.23. The third-order valence-corrected chi connectivity index (χ3v) is 3.82. The molecular weight excluding hydrogens is 276 g/mol. The van der Waals surface area contributed by atoms with Gasteiger partial charge in [0.2, 0.25) is 0 Å². The van der Waals surface area contributed by atoms with Gasteiger partial charge in [0, 0.05) is 25.8 Å². The molecule has 0 amide bonds. The molecule has 1 aromatic rings. The van der Waals surface area contributed by atoms with Crippen LogP contribution in [0.5, 0.6) is 0 Å². The van der Waals surface area contributed by atoms with Crippen LogP contribution in [0.4, 0.5) is 11.4 Å². The number of benzene rings is 1. The molecule has 1 heterocycles. The zero-order valence-electron chi connectivity index (χ0n) is 11.6. The zero-order valence-corrected chi connectivity index (χ0v) is 11.6. The normalized spacial score (nSPS) is 18.5. The second kappa shape index (κ2) is 6.53. The van der Waals surface area contributed by atoms with E-state index in [9.17, 15) is 14.9 Å². The van der Waals surface area contributed by atoms with E-state index in [0.717, 1.165) is 12.8 Å². The first-order valence-corrected chi connectivity index (χ1v) is 6.90. The first kappa shape index (κ1) is 15.2. The molecule has 0 aliphatic carbocycles. The van der Waals surface area contributed by atoms with E-state index in [1.54, 1.807) is 0 Å². The third kappa shape index (κ3) is 3.49. The maximum Gasteiger partial charge on any atom is 0.335 e. The first-order chi connectivity index (χ1) is 10.0. The molecule has 1 fully saturated rings. The van der Waals surface area contributed by atoms with Gasteiger partial charge in [-0.3, -0.25) is 10.1 Å². The lowest BCUT2D eigenvalue weighted by Crippen LogP contribution is -2.36. The molecule has 0 aromatic heterocycles. The summed E-state index contributed by atoms with van der Waals surface area (Å²) in [5.74, 6) is -0.827. The highest BCUT2D eigenvalue weighted by molar-refractivity contribution is 5.90. The number of carbonyl (C=O) groups is 1. The quantitative estimate of drug-likeness (QED) is 0.635. The SMILES string of the molecule is O=C(O)c1ccc([N+](=O)[O-])c(N2CCCC(CCO)C2)c1. The van der Waals surface area contributed by atoms with Crippen molar-refractivity contribution in [2.75, 3.05) is 24.6 Å². The van der Waals surface area contributed by atoms with Crippen molar-refractivity contribution in [1.82, 2.24) is 0 Å². The molecule has 1 saturated heterocycles. The van der Waals surface area contributed by atoms with Crippen LogP contribution in [0.25, 0.3) is 0 Å². The summed E-state index contributed by atoms with van der Waals surface area (Å²) in [4.78, 5) is 23.6. The number of aliphatic hydroxyl groups is 1. The molecule has 0 bridgehead atoms. The summed E-state index contributed by atoms with van der Waals surface area (Å²) in [5.41, 5.74) is 0.312. The molecule has 1 aliphatic heterocycles. The Kier molecular flexibility index (Phi) is 4.74. The fraction of sp³-hybridized carbons (Fsp3) is 0.500. The Morgan fingerprint density at radius 1 is 1.48 bits per heavy atom. The molecule has 1 atom stereocenters. The topological polar surface area (TPSA) is 104 Å². The molecule has 1 aromatic carbocycles. The minimum atomic E-state index is -1.10. The molecule has 1 unspecified atom stereocenters. The van der Waals surface area contributed by atoms with E-state index in [1.807, 2.05) is 4.90 Å². The van der Waals surface area contributed by atoms with Crippen LogP contribution in [-0.4, -0.2) is 40.8 Å². The highest BCUT2D eigenvalue weighted by Crippen LogP contribution is 2.33. The number of aromatic carboxylic acids is 1.